The third kappa shape index (κ3) is 4.23. The lowest BCUT2D eigenvalue weighted by atomic mass is 9.90. The van der Waals surface area contributed by atoms with Gasteiger partial charge in [-0.25, -0.2) is 0 Å². The van der Waals surface area contributed by atoms with Gasteiger partial charge in [0.05, 0.1) is 0 Å². The van der Waals surface area contributed by atoms with E-state index in [-0.39, 0.29) is 12.0 Å². The Morgan fingerprint density at radius 1 is 1.19 bits per heavy atom. The van der Waals surface area contributed by atoms with Crippen molar-refractivity contribution in [2.24, 2.45) is 5.73 Å². The van der Waals surface area contributed by atoms with Crippen LogP contribution in [0, 0.1) is 6.92 Å². The number of carbonyl (C=O) groups excluding carboxylic acids is 1. The fourth-order valence-corrected chi connectivity index (χ4v) is 3.06. The molecule has 1 aliphatic rings. The Bertz CT molecular complexity index is 755. The minimum atomic E-state index is -0.859. The van der Waals surface area contributed by atoms with Crippen molar-refractivity contribution in [2.75, 3.05) is 18.5 Å². The summed E-state index contributed by atoms with van der Waals surface area (Å²) in [6.07, 6.45) is 1.02. The zero-order chi connectivity index (χ0) is 18.6. The maximum absolute atomic E-state index is 12.6. The average Bonchev–Trinajstić information content (AvgIpc) is 2.65. The first-order valence-corrected chi connectivity index (χ1v) is 8.98. The average molecular weight is 354 g/mol. The molecule has 3 N–H and O–H groups in total. The first kappa shape index (κ1) is 18.4. The maximum Gasteiger partial charge on any atom is 0.244 e. The summed E-state index contributed by atoms with van der Waals surface area (Å²) in [4.78, 5) is 12.6. The normalized spacial score (nSPS) is 17.3. The Morgan fingerprint density at radius 2 is 1.88 bits per heavy atom. The molecule has 2 aromatic carbocycles. The van der Waals surface area contributed by atoms with Crippen molar-refractivity contribution in [1.29, 1.82) is 0 Å². The second kappa shape index (κ2) is 7.89. The van der Waals surface area contributed by atoms with Gasteiger partial charge in [0.15, 0.2) is 0 Å². The van der Waals surface area contributed by atoms with Crippen LogP contribution >= 0.6 is 0 Å². The summed E-state index contributed by atoms with van der Waals surface area (Å²) >= 11 is 0. The van der Waals surface area contributed by atoms with Crippen molar-refractivity contribution >= 4 is 11.6 Å². The van der Waals surface area contributed by atoms with E-state index in [4.69, 9.17) is 15.2 Å². The highest BCUT2D eigenvalue weighted by atomic mass is 16.5. The third-order valence-corrected chi connectivity index (χ3v) is 4.87. The van der Waals surface area contributed by atoms with Gasteiger partial charge in [0, 0.05) is 18.9 Å². The molecule has 5 nitrogen and oxygen atoms in total. The van der Waals surface area contributed by atoms with Gasteiger partial charge in [0.1, 0.15) is 17.4 Å². The summed E-state index contributed by atoms with van der Waals surface area (Å²) in [7, 11) is 0. The van der Waals surface area contributed by atoms with Crippen LogP contribution in [0.25, 0.3) is 0 Å². The molecule has 0 saturated carbocycles. The Morgan fingerprint density at radius 3 is 2.54 bits per heavy atom. The van der Waals surface area contributed by atoms with Crippen LogP contribution in [-0.4, -0.2) is 24.7 Å². The molecule has 0 radical (unpaired) electrons. The van der Waals surface area contributed by atoms with Crippen LogP contribution in [0.1, 0.15) is 37.0 Å². The van der Waals surface area contributed by atoms with E-state index in [0.717, 1.165) is 22.6 Å². The molecule has 1 saturated heterocycles. The number of carbonyl (C=O) groups is 1. The van der Waals surface area contributed by atoms with Crippen molar-refractivity contribution in [1.82, 2.24) is 0 Å². The molecule has 1 fully saturated rings. The molecule has 0 aliphatic carbocycles. The summed E-state index contributed by atoms with van der Waals surface area (Å²) in [6.45, 7) is 5.01. The molecular formula is C21H26N2O3. The minimum Gasteiger partial charge on any atom is -0.486 e. The lowest BCUT2D eigenvalue weighted by molar-refractivity contribution is -0.124. The molecule has 0 spiro atoms. The predicted molar refractivity (Wildman–Crippen MR) is 102 cm³/mol. The molecule has 1 amide bonds. The third-order valence-electron chi connectivity index (χ3n) is 4.87. The first-order chi connectivity index (χ1) is 12.5. The number of nitrogens with two attached hydrogens (primary N) is 1. The highest BCUT2D eigenvalue weighted by molar-refractivity contribution is 5.98. The van der Waals surface area contributed by atoms with E-state index in [2.05, 4.69) is 5.32 Å². The van der Waals surface area contributed by atoms with Gasteiger partial charge in [-0.15, -0.1) is 0 Å². The van der Waals surface area contributed by atoms with Gasteiger partial charge in [-0.1, -0.05) is 30.3 Å². The Balaban J connectivity index is 1.66. The van der Waals surface area contributed by atoms with Gasteiger partial charge in [-0.2, -0.15) is 0 Å². The molecule has 3 rings (SSSR count). The van der Waals surface area contributed by atoms with E-state index < -0.39 is 5.54 Å². The highest BCUT2D eigenvalue weighted by Gasteiger charge is 2.36. The predicted octanol–water partition coefficient (Wildman–Crippen LogP) is 3.58. The first-order valence-electron chi connectivity index (χ1n) is 8.98. The number of nitrogens with one attached hydrogen (secondary N) is 1. The summed E-state index contributed by atoms with van der Waals surface area (Å²) < 4.78 is 11.3. The molecule has 1 unspecified atom stereocenters. The summed E-state index contributed by atoms with van der Waals surface area (Å²) in [5.41, 5.74) is 8.19. The van der Waals surface area contributed by atoms with E-state index in [1.54, 1.807) is 0 Å². The van der Waals surface area contributed by atoms with E-state index >= 15 is 0 Å². The lowest BCUT2D eigenvalue weighted by Gasteiger charge is -2.32. The fraction of sp³-hybridized carbons (Fsp3) is 0.381. The van der Waals surface area contributed by atoms with E-state index in [0.29, 0.717) is 26.1 Å². The van der Waals surface area contributed by atoms with Crippen molar-refractivity contribution in [3.63, 3.8) is 0 Å². The largest absolute Gasteiger partial charge is 0.486 e. The molecule has 5 heteroatoms. The smallest absolute Gasteiger partial charge is 0.244 e. The van der Waals surface area contributed by atoms with Crippen molar-refractivity contribution in [3.8, 4) is 5.75 Å². The Kier molecular flexibility index (Phi) is 5.59. The summed E-state index contributed by atoms with van der Waals surface area (Å²) in [5, 5.41) is 2.96. The molecule has 0 aromatic heterocycles. The number of ether oxygens (including phenoxy) is 2. The van der Waals surface area contributed by atoms with E-state index in [1.165, 1.54) is 0 Å². The molecule has 1 aliphatic heterocycles. The molecule has 2 aromatic rings. The molecule has 26 heavy (non-hydrogen) atoms. The fourth-order valence-electron chi connectivity index (χ4n) is 3.06. The Hall–Kier alpha value is -2.37. The second-order valence-electron chi connectivity index (χ2n) is 6.87. The number of benzene rings is 2. The number of rotatable bonds is 5. The van der Waals surface area contributed by atoms with Crippen molar-refractivity contribution in [2.45, 2.75) is 38.3 Å². The van der Waals surface area contributed by atoms with Gasteiger partial charge in [-0.05, 0) is 56.0 Å². The number of hydrogen-bond donors (Lipinski definition) is 2. The zero-order valence-corrected chi connectivity index (χ0v) is 15.3. The van der Waals surface area contributed by atoms with Gasteiger partial charge >= 0.3 is 0 Å². The van der Waals surface area contributed by atoms with Crippen molar-refractivity contribution in [3.05, 3.63) is 59.7 Å². The number of anilines is 1. The lowest BCUT2D eigenvalue weighted by Crippen LogP contribution is -2.54. The van der Waals surface area contributed by atoms with Gasteiger partial charge < -0.3 is 20.5 Å². The Labute approximate surface area is 154 Å². The van der Waals surface area contributed by atoms with E-state index in [1.807, 2.05) is 62.4 Å². The summed E-state index contributed by atoms with van der Waals surface area (Å²) in [5.74, 6) is 0.612. The number of aryl methyl sites for hydroxylation is 1. The van der Waals surface area contributed by atoms with Gasteiger partial charge in [-0.3, -0.25) is 4.79 Å². The minimum absolute atomic E-state index is 0.0504. The summed E-state index contributed by atoms with van der Waals surface area (Å²) in [6, 6.07) is 15.7. The number of hydrogen-bond acceptors (Lipinski definition) is 4. The van der Waals surface area contributed by atoms with Crippen LogP contribution in [0.3, 0.4) is 0 Å². The van der Waals surface area contributed by atoms with Crippen LogP contribution in [0.4, 0.5) is 5.69 Å². The van der Waals surface area contributed by atoms with Gasteiger partial charge in [0.25, 0.3) is 0 Å². The van der Waals surface area contributed by atoms with E-state index in [9.17, 15) is 4.79 Å². The molecule has 138 valence electrons. The molecule has 0 bridgehead atoms. The zero-order valence-electron chi connectivity index (χ0n) is 15.3. The monoisotopic (exact) mass is 354 g/mol. The topological polar surface area (TPSA) is 73.6 Å². The SMILES string of the molecule is Cc1cc(OC(C)c2ccccc2)ccc1NC(=O)C1(N)CCOCC1. The second-order valence-corrected chi connectivity index (χ2v) is 6.87. The van der Waals surface area contributed by atoms with Crippen LogP contribution in [0.2, 0.25) is 0 Å². The molecule has 1 atom stereocenters. The highest BCUT2D eigenvalue weighted by Crippen LogP contribution is 2.27. The molecular weight excluding hydrogens is 328 g/mol. The maximum atomic E-state index is 12.6. The standard InChI is InChI=1S/C21H26N2O3/c1-15-14-18(26-16(2)17-6-4-3-5-7-17)8-9-19(15)23-20(24)21(22)10-12-25-13-11-21/h3-9,14,16H,10-13,22H2,1-2H3,(H,23,24). The van der Waals surface area contributed by atoms with Crippen molar-refractivity contribution < 1.29 is 14.3 Å². The molecule has 1 heterocycles. The van der Waals surface area contributed by atoms with Crippen LogP contribution in [0.5, 0.6) is 5.75 Å². The van der Waals surface area contributed by atoms with Crippen LogP contribution < -0.4 is 15.8 Å². The van der Waals surface area contributed by atoms with Crippen LogP contribution in [-0.2, 0) is 9.53 Å². The van der Waals surface area contributed by atoms with Gasteiger partial charge in [0.2, 0.25) is 5.91 Å². The number of amides is 1. The quantitative estimate of drug-likeness (QED) is 0.861. The van der Waals surface area contributed by atoms with Crippen LogP contribution in [0.15, 0.2) is 48.5 Å².